The third kappa shape index (κ3) is 4.66. The van der Waals surface area contributed by atoms with Gasteiger partial charge < -0.3 is 10.0 Å². The Morgan fingerprint density at radius 1 is 1.47 bits per heavy atom. The molecule has 3 nitrogen and oxygen atoms in total. The van der Waals surface area contributed by atoms with Crippen LogP contribution in [0.15, 0.2) is 0 Å². The number of hydrogen-bond acceptors (Lipinski definition) is 2. The molecule has 1 unspecified atom stereocenters. The van der Waals surface area contributed by atoms with Crippen molar-refractivity contribution in [3.63, 3.8) is 0 Å². The molecule has 1 aliphatic carbocycles. The molecule has 0 saturated heterocycles. The van der Waals surface area contributed by atoms with Gasteiger partial charge >= 0.3 is 0 Å². The van der Waals surface area contributed by atoms with Gasteiger partial charge in [0.1, 0.15) is 0 Å². The van der Waals surface area contributed by atoms with Gasteiger partial charge in [-0.2, -0.15) is 0 Å². The van der Waals surface area contributed by atoms with E-state index in [2.05, 4.69) is 13.8 Å². The van der Waals surface area contributed by atoms with Gasteiger partial charge in [-0.3, -0.25) is 4.79 Å². The lowest BCUT2D eigenvalue weighted by atomic mass is 9.71. The predicted molar refractivity (Wildman–Crippen MR) is 69.7 cm³/mol. The van der Waals surface area contributed by atoms with Gasteiger partial charge in [0, 0.05) is 19.5 Å². The van der Waals surface area contributed by atoms with E-state index in [0.29, 0.717) is 30.8 Å². The summed E-state index contributed by atoms with van der Waals surface area (Å²) in [4.78, 5) is 13.8. The largest absolute Gasteiger partial charge is 0.395 e. The number of carbonyl (C=O) groups is 1. The predicted octanol–water partition coefficient (Wildman–Crippen LogP) is 2.43. The topological polar surface area (TPSA) is 40.5 Å². The first-order valence-corrected chi connectivity index (χ1v) is 6.87. The molecule has 1 N–H and O–H groups in total. The van der Waals surface area contributed by atoms with Crippen molar-refractivity contribution in [3.05, 3.63) is 0 Å². The van der Waals surface area contributed by atoms with Crippen LogP contribution in [-0.4, -0.2) is 35.6 Å². The number of rotatable bonds is 5. The molecule has 0 aromatic carbocycles. The Labute approximate surface area is 105 Å². The first-order valence-electron chi connectivity index (χ1n) is 6.87. The van der Waals surface area contributed by atoms with Crippen molar-refractivity contribution in [1.82, 2.24) is 4.90 Å². The summed E-state index contributed by atoms with van der Waals surface area (Å²) in [6, 6.07) is 0. The molecule has 1 saturated carbocycles. The lowest BCUT2D eigenvalue weighted by molar-refractivity contribution is -0.133. The number of amides is 1. The number of carbonyl (C=O) groups excluding carboxylic acids is 1. The summed E-state index contributed by atoms with van der Waals surface area (Å²) in [5.41, 5.74) is 0.400. The zero-order valence-electron chi connectivity index (χ0n) is 11.5. The Kier molecular flexibility index (Phi) is 5.44. The number of aliphatic hydroxyl groups excluding tert-OH is 1. The molecule has 0 heterocycles. The van der Waals surface area contributed by atoms with Crippen LogP contribution in [0.1, 0.15) is 52.9 Å². The lowest BCUT2D eigenvalue weighted by Gasteiger charge is -2.35. The van der Waals surface area contributed by atoms with Crippen molar-refractivity contribution in [1.29, 1.82) is 0 Å². The van der Waals surface area contributed by atoms with Crippen molar-refractivity contribution < 1.29 is 9.90 Å². The van der Waals surface area contributed by atoms with E-state index < -0.39 is 0 Å². The molecule has 1 fully saturated rings. The van der Waals surface area contributed by atoms with Crippen LogP contribution in [0.3, 0.4) is 0 Å². The minimum Gasteiger partial charge on any atom is -0.395 e. The molecule has 1 aliphatic rings. The fourth-order valence-electron chi connectivity index (χ4n) is 2.99. The summed E-state index contributed by atoms with van der Waals surface area (Å²) in [6.07, 6.45) is 5.54. The van der Waals surface area contributed by atoms with E-state index in [-0.39, 0.29) is 12.5 Å². The van der Waals surface area contributed by atoms with Gasteiger partial charge in [-0.05, 0) is 37.5 Å². The summed E-state index contributed by atoms with van der Waals surface area (Å²) >= 11 is 0. The Bertz CT molecular complexity index is 251. The highest BCUT2D eigenvalue weighted by atomic mass is 16.3. The Balaban J connectivity index is 2.44. The van der Waals surface area contributed by atoms with Crippen LogP contribution >= 0.6 is 0 Å². The second kappa shape index (κ2) is 6.39. The maximum absolute atomic E-state index is 12.1. The van der Waals surface area contributed by atoms with E-state index >= 15 is 0 Å². The van der Waals surface area contributed by atoms with Gasteiger partial charge in [0.05, 0.1) is 6.61 Å². The normalized spacial score (nSPS) is 23.4. The molecule has 0 radical (unpaired) electrons. The molecule has 0 aliphatic heterocycles. The number of aliphatic hydroxyl groups is 1. The minimum atomic E-state index is 0.0652. The monoisotopic (exact) mass is 241 g/mol. The third-order valence-electron chi connectivity index (χ3n) is 3.87. The van der Waals surface area contributed by atoms with Gasteiger partial charge in [-0.25, -0.2) is 0 Å². The molecule has 0 bridgehead atoms. The van der Waals surface area contributed by atoms with Crippen LogP contribution in [0.2, 0.25) is 0 Å². The smallest absolute Gasteiger partial charge is 0.222 e. The molecular weight excluding hydrogens is 214 g/mol. The average molecular weight is 241 g/mol. The second-order valence-corrected chi connectivity index (χ2v) is 6.03. The van der Waals surface area contributed by atoms with E-state index in [1.807, 2.05) is 6.92 Å². The molecule has 1 atom stereocenters. The lowest BCUT2D eigenvalue weighted by Crippen LogP contribution is -2.35. The highest BCUT2D eigenvalue weighted by Crippen LogP contribution is 2.39. The highest BCUT2D eigenvalue weighted by molar-refractivity contribution is 5.76. The minimum absolute atomic E-state index is 0.0652. The average Bonchev–Trinajstić information content (AvgIpc) is 2.24. The molecule has 0 spiro atoms. The molecule has 17 heavy (non-hydrogen) atoms. The van der Waals surface area contributed by atoms with Crippen molar-refractivity contribution in [2.45, 2.75) is 52.9 Å². The molecular formula is C14H27NO2. The van der Waals surface area contributed by atoms with Crippen LogP contribution in [0.5, 0.6) is 0 Å². The van der Waals surface area contributed by atoms with Gasteiger partial charge in [0.25, 0.3) is 0 Å². The number of likely N-dealkylation sites (N-methyl/N-ethyl adjacent to an activating group) is 1. The molecule has 100 valence electrons. The zero-order chi connectivity index (χ0) is 12.9. The van der Waals surface area contributed by atoms with Gasteiger partial charge in [-0.1, -0.05) is 20.3 Å². The quantitative estimate of drug-likeness (QED) is 0.803. The van der Waals surface area contributed by atoms with Crippen molar-refractivity contribution in [3.8, 4) is 0 Å². The molecule has 3 heteroatoms. The SMILES string of the molecule is CCN(CCO)C(=O)CC1CCCC(C)(C)C1. The van der Waals surface area contributed by atoms with Crippen molar-refractivity contribution >= 4 is 5.91 Å². The van der Waals surface area contributed by atoms with E-state index in [1.54, 1.807) is 4.90 Å². The third-order valence-corrected chi connectivity index (χ3v) is 3.87. The zero-order valence-corrected chi connectivity index (χ0v) is 11.5. The fourth-order valence-corrected chi connectivity index (χ4v) is 2.99. The highest BCUT2D eigenvalue weighted by Gasteiger charge is 2.29. The van der Waals surface area contributed by atoms with E-state index in [0.717, 1.165) is 6.42 Å². The summed E-state index contributed by atoms with van der Waals surface area (Å²) < 4.78 is 0. The van der Waals surface area contributed by atoms with Gasteiger partial charge in [-0.15, -0.1) is 0 Å². The van der Waals surface area contributed by atoms with Crippen LogP contribution in [0, 0.1) is 11.3 Å². The summed E-state index contributed by atoms with van der Waals surface area (Å²) in [5.74, 6) is 0.753. The van der Waals surface area contributed by atoms with Crippen LogP contribution in [-0.2, 0) is 4.79 Å². The Morgan fingerprint density at radius 2 is 2.18 bits per heavy atom. The van der Waals surface area contributed by atoms with Gasteiger partial charge in [0.2, 0.25) is 5.91 Å². The van der Waals surface area contributed by atoms with Crippen molar-refractivity contribution in [2.24, 2.45) is 11.3 Å². The maximum Gasteiger partial charge on any atom is 0.222 e. The summed E-state index contributed by atoms with van der Waals surface area (Å²) in [6.45, 7) is 7.82. The van der Waals surface area contributed by atoms with Gasteiger partial charge in [0.15, 0.2) is 0 Å². The number of nitrogens with zero attached hydrogens (tertiary/aromatic N) is 1. The van der Waals surface area contributed by atoms with E-state index in [1.165, 1.54) is 19.3 Å². The maximum atomic E-state index is 12.1. The number of hydrogen-bond donors (Lipinski definition) is 1. The van der Waals surface area contributed by atoms with E-state index in [9.17, 15) is 4.79 Å². The van der Waals surface area contributed by atoms with Crippen LogP contribution < -0.4 is 0 Å². The fraction of sp³-hybridized carbons (Fsp3) is 0.929. The molecule has 0 aromatic rings. The Morgan fingerprint density at radius 3 is 2.71 bits per heavy atom. The summed E-state index contributed by atoms with van der Waals surface area (Å²) in [5, 5.41) is 8.91. The van der Waals surface area contributed by atoms with Crippen LogP contribution in [0.4, 0.5) is 0 Å². The van der Waals surface area contributed by atoms with Crippen molar-refractivity contribution in [2.75, 3.05) is 19.7 Å². The standard InChI is InChI=1S/C14H27NO2/c1-4-15(8-9-16)13(17)10-12-6-5-7-14(2,3)11-12/h12,16H,4-11H2,1-3H3. The van der Waals surface area contributed by atoms with Crippen LogP contribution in [0.25, 0.3) is 0 Å². The molecule has 0 aromatic heterocycles. The first kappa shape index (κ1) is 14.5. The second-order valence-electron chi connectivity index (χ2n) is 6.03. The first-order chi connectivity index (χ1) is 7.98. The summed E-state index contributed by atoms with van der Waals surface area (Å²) in [7, 11) is 0. The molecule has 1 rings (SSSR count). The Hall–Kier alpha value is -0.570. The van der Waals surface area contributed by atoms with E-state index in [4.69, 9.17) is 5.11 Å². The molecule has 1 amide bonds.